The molecule has 1 aromatic rings. The van der Waals surface area contributed by atoms with E-state index in [1.165, 1.54) is 15.9 Å². The van der Waals surface area contributed by atoms with Crippen molar-refractivity contribution < 1.29 is 37.0 Å². The van der Waals surface area contributed by atoms with E-state index in [9.17, 15) is 32.3 Å². The van der Waals surface area contributed by atoms with Gasteiger partial charge in [0.05, 0.1) is 23.8 Å². The normalized spacial score (nSPS) is 23.0. The minimum atomic E-state index is -4.87. The summed E-state index contributed by atoms with van der Waals surface area (Å²) in [5.41, 5.74) is -3.23. The average molecular weight is 418 g/mol. The number of hydrogen-bond acceptors (Lipinski definition) is 3. The Hall–Kier alpha value is -2.52. The van der Waals surface area contributed by atoms with Gasteiger partial charge >= 0.3 is 18.4 Å². The summed E-state index contributed by atoms with van der Waals surface area (Å²) in [5.74, 6) is -1.39. The number of likely N-dealkylation sites (tertiary alicyclic amines) is 1. The Balaban J connectivity index is 2.00. The minimum absolute atomic E-state index is 0.0370. The molecule has 6 nitrogen and oxygen atoms in total. The fourth-order valence-corrected chi connectivity index (χ4v) is 4.22. The molecule has 1 aliphatic heterocycles. The summed E-state index contributed by atoms with van der Waals surface area (Å²) in [4.78, 5) is 26.7. The van der Waals surface area contributed by atoms with Crippen LogP contribution in [0.3, 0.4) is 0 Å². The zero-order valence-corrected chi connectivity index (χ0v) is 16.1. The molecule has 1 saturated heterocycles. The van der Waals surface area contributed by atoms with Gasteiger partial charge in [-0.25, -0.2) is 14.0 Å². The minimum Gasteiger partial charge on any atom is -0.465 e. The van der Waals surface area contributed by atoms with Crippen molar-refractivity contribution in [1.29, 1.82) is 0 Å². The number of carbonyl (C=O) groups is 2. The van der Waals surface area contributed by atoms with E-state index < -0.39 is 40.8 Å². The number of alkyl halides is 3. The standard InChI is InChI=1S/C19H22F4N2O4/c1-17(6-3-9-24(17)15(26)27)11-25(16(28)29-2)18(7-8-18)12-4-5-14(20)13(10-12)19(21,22)23/h4-5,10H,3,6-9,11H2,1-2H3,(H,26,27). The highest BCUT2D eigenvalue weighted by molar-refractivity contribution is 5.71. The first-order chi connectivity index (χ1) is 13.4. The molecule has 10 heteroatoms. The summed E-state index contributed by atoms with van der Waals surface area (Å²) in [6.45, 7) is 1.97. The van der Waals surface area contributed by atoms with Gasteiger partial charge in [-0.15, -0.1) is 0 Å². The van der Waals surface area contributed by atoms with Crippen LogP contribution in [0.5, 0.6) is 0 Å². The van der Waals surface area contributed by atoms with Crippen molar-refractivity contribution in [2.24, 2.45) is 0 Å². The number of hydrogen-bond donors (Lipinski definition) is 1. The van der Waals surface area contributed by atoms with Crippen molar-refractivity contribution in [3.63, 3.8) is 0 Å². The number of carbonyl (C=O) groups excluding carboxylic acids is 1. The summed E-state index contributed by atoms with van der Waals surface area (Å²) in [5, 5.41) is 9.47. The maximum absolute atomic E-state index is 13.7. The average Bonchev–Trinajstić information content (AvgIpc) is 3.34. The van der Waals surface area contributed by atoms with Gasteiger partial charge < -0.3 is 14.7 Å². The lowest BCUT2D eigenvalue weighted by Gasteiger charge is -2.41. The van der Waals surface area contributed by atoms with Crippen molar-refractivity contribution >= 4 is 12.2 Å². The van der Waals surface area contributed by atoms with Gasteiger partial charge in [0.1, 0.15) is 5.82 Å². The Morgan fingerprint density at radius 3 is 2.45 bits per heavy atom. The molecule has 3 rings (SSSR count). The first kappa shape index (κ1) is 21.2. The highest BCUT2D eigenvalue weighted by Crippen LogP contribution is 2.53. The Morgan fingerprint density at radius 2 is 1.93 bits per heavy atom. The van der Waals surface area contributed by atoms with Crippen LogP contribution >= 0.6 is 0 Å². The number of carboxylic acid groups (broad SMARTS) is 1. The second kappa shape index (κ2) is 7.07. The van der Waals surface area contributed by atoms with Crippen LogP contribution in [0.2, 0.25) is 0 Å². The second-order valence-corrected chi connectivity index (χ2v) is 7.81. The van der Waals surface area contributed by atoms with Crippen LogP contribution in [-0.4, -0.2) is 52.8 Å². The first-order valence-corrected chi connectivity index (χ1v) is 9.18. The number of halogens is 4. The zero-order valence-electron chi connectivity index (χ0n) is 16.1. The first-order valence-electron chi connectivity index (χ1n) is 9.18. The second-order valence-electron chi connectivity index (χ2n) is 7.81. The maximum atomic E-state index is 13.7. The van der Waals surface area contributed by atoms with Gasteiger partial charge in [-0.05, 0) is 50.3 Å². The Labute approximate surface area is 165 Å². The third kappa shape index (κ3) is 3.72. The van der Waals surface area contributed by atoms with Crippen molar-refractivity contribution in [2.45, 2.75) is 49.9 Å². The molecule has 1 atom stereocenters. The van der Waals surface area contributed by atoms with Crippen LogP contribution in [0.1, 0.15) is 43.7 Å². The Morgan fingerprint density at radius 1 is 1.28 bits per heavy atom. The molecule has 1 aromatic carbocycles. The summed E-state index contributed by atoms with van der Waals surface area (Å²) in [6, 6.07) is 2.71. The number of ether oxygens (including phenoxy) is 1. The third-order valence-corrected chi connectivity index (χ3v) is 5.92. The summed E-state index contributed by atoms with van der Waals surface area (Å²) in [7, 11) is 1.16. The lowest BCUT2D eigenvalue weighted by Crippen LogP contribution is -2.55. The Bertz CT molecular complexity index is 825. The molecular formula is C19H22F4N2O4. The highest BCUT2D eigenvalue weighted by atomic mass is 19.4. The summed E-state index contributed by atoms with van der Waals surface area (Å²) >= 11 is 0. The van der Waals surface area contributed by atoms with Gasteiger partial charge in [0.15, 0.2) is 0 Å². The molecule has 29 heavy (non-hydrogen) atoms. The number of benzene rings is 1. The van der Waals surface area contributed by atoms with Crippen molar-refractivity contribution in [2.75, 3.05) is 20.2 Å². The molecule has 1 heterocycles. The van der Waals surface area contributed by atoms with Crippen LogP contribution in [0.25, 0.3) is 0 Å². The van der Waals surface area contributed by atoms with Crippen LogP contribution in [-0.2, 0) is 16.5 Å². The number of methoxy groups -OCH3 is 1. The number of rotatable bonds is 4. The van der Waals surface area contributed by atoms with E-state index in [-0.39, 0.29) is 12.1 Å². The SMILES string of the molecule is COC(=O)N(CC1(C)CCCN1C(=O)O)C1(c2ccc(F)c(C(F)(F)F)c2)CC1. The smallest absolute Gasteiger partial charge is 0.419 e. The molecule has 0 radical (unpaired) electrons. The van der Waals surface area contributed by atoms with E-state index in [0.717, 1.165) is 19.2 Å². The monoisotopic (exact) mass is 418 g/mol. The number of amides is 2. The number of nitrogens with zero attached hydrogens (tertiary/aromatic N) is 2. The molecule has 1 N–H and O–H groups in total. The molecule has 0 bridgehead atoms. The van der Waals surface area contributed by atoms with Crippen LogP contribution in [0.15, 0.2) is 18.2 Å². The topological polar surface area (TPSA) is 70.1 Å². The Kier molecular flexibility index (Phi) is 5.17. The molecule has 0 spiro atoms. The van der Waals surface area contributed by atoms with Crippen molar-refractivity contribution in [1.82, 2.24) is 9.80 Å². The lowest BCUT2D eigenvalue weighted by molar-refractivity contribution is -0.140. The summed E-state index contributed by atoms with van der Waals surface area (Å²) in [6.07, 6.45) is -4.91. The van der Waals surface area contributed by atoms with E-state index in [1.807, 2.05) is 0 Å². The van der Waals surface area contributed by atoms with E-state index in [0.29, 0.717) is 32.2 Å². The van der Waals surface area contributed by atoms with Gasteiger partial charge in [0.25, 0.3) is 0 Å². The predicted molar refractivity (Wildman–Crippen MR) is 93.8 cm³/mol. The largest absolute Gasteiger partial charge is 0.465 e. The van der Waals surface area contributed by atoms with E-state index in [2.05, 4.69) is 0 Å². The van der Waals surface area contributed by atoms with Crippen LogP contribution < -0.4 is 0 Å². The van der Waals surface area contributed by atoms with E-state index in [4.69, 9.17) is 4.74 Å². The zero-order chi connectivity index (χ0) is 21.6. The maximum Gasteiger partial charge on any atom is 0.419 e. The van der Waals surface area contributed by atoms with Gasteiger partial charge in [-0.1, -0.05) is 6.07 Å². The molecule has 0 aromatic heterocycles. The fourth-order valence-electron chi connectivity index (χ4n) is 4.22. The predicted octanol–water partition coefficient (Wildman–Crippen LogP) is 4.43. The third-order valence-electron chi connectivity index (χ3n) is 5.92. The molecule has 1 aliphatic carbocycles. The summed E-state index contributed by atoms with van der Waals surface area (Å²) < 4.78 is 58.1. The van der Waals surface area contributed by atoms with Crippen LogP contribution in [0.4, 0.5) is 27.2 Å². The van der Waals surface area contributed by atoms with Crippen molar-refractivity contribution in [3.05, 3.63) is 35.1 Å². The van der Waals surface area contributed by atoms with Gasteiger partial charge in [0, 0.05) is 13.1 Å². The molecule has 2 aliphatic rings. The van der Waals surface area contributed by atoms with Crippen molar-refractivity contribution in [3.8, 4) is 0 Å². The molecule has 1 saturated carbocycles. The van der Waals surface area contributed by atoms with E-state index >= 15 is 0 Å². The van der Waals surface area contributed by atoms with E-state index in [1.54, 1.807) is 6.92 Å². The highest BCUT2D eigenvalue weighted by Gasteiger charge is 2.56. The van der Waals surface area contributed by atoms with Gasteiger partial charge in [-0.3, -0.25) is 4.90 Å². The molecular weight excluding hydrogens is 396 g/mol. The molecule has 2 amide bonds. The van der Waals surface area contributed by atoms with Gasteiger partial charge in [-0.2, -0.15) is 13.2 Å². The fraction of sp³-hybridized carbons (Fsp3) is 0.579. The molecule has 160 valence electrons. The molecule has 2 fully saturated rings. The quantitative estimate of drug-likeness (QED) is 0.735. The van der Waals surface area contributed by atoms with Gasteiger partial charge in [0.2, 0.25) is 0 Å². The molecule has 1 unspecified atom stereocenters. The lowest BCUT2D eigenvalue weighted by atomic mass is 9.94. The van der Waals surface area contributed by atoms with Crippen LogP contribution in [0, 0.1) is 5.82 Å².